The fourth-order valence-electron chi connectivity index (χ4n) is 4.00. The summed E-state index contributed by atoms with van der Waals surface area (Å²) in [5.74, 6) is 0. The molecule has 125 valence electrons. The van der Waals surface area contributed by atoms with Gasteiger partial charge in [-0.1, -0.05) is 0 Å². The van der Waals surface area contributed by atoms with E-state index < -0.39 is 18.9 Å². The second kappa shape index (κ2) is 7.46. The number of fused-ring (bicyclic) bond motifs is 3. The van der Waals surface area contributed by atoms with Crippen molar-refractivity contribution in [1.82, 2.24) is 0 Å². The summed E-state index contributed by atoms with van der Waals surface area (Å²) in [6.07, 6.45) is 7.86. The van der Waals surface area contributed by atoms with E-state index in [0.29, 0.717) is 3.63 Å². The van der Waals surface area contributed by atoms with E-state index in [1.165, 1.54) is 22.3 Å². The van der Waals surface area contributed by atoms with Gasteiger partial charge in [0.1, 0.15) is 0 Å². The molecule has 1 atom stereocenters. The van der Waals surface area contributed by atoms with E-state index in [1.807, 2.05) is 0 Å². The molecule has 0 radical (unpaired) electrons. The molecule has 4 heteroatoms. The molecule has 0 nitrogen and oxygen atoms in total. The van der Waals surface area contributed by atoms with Crippen molar-refractivity contribution < 1.29 is 18.9 Å². The maximum absolute atomic E-state index is 2.59. The van der Waals surface area contributed by atoms with Crippen LogP contribution in [-0.4, -0.2) is 6.88 Å². The van der Waals surface area contributed by atoms with E-state index in [2.05, 4.69) is 76.8 Å². The first kappa shape index (κ1) is 19.9. The first-order chi connectivity index (χ1) is 10.6. The van der Waals surface area contributed by atoms with Crippen LogP contribution in [0.3, 0.4) is 0 Å². The summed E-state index contributed by atoms with van der Waals surface area (Å²) in [7, 11) is 0. The number of allylic oxidation sites excluding steroid dienone is 4. The van der Waals surface area contributed by atoms with Gasteiger partial charge in [-0.15, -0.1) is 24.8 Å². The van der Waals surface area contributed by atoms with E-state index in [-0.39, 0.29) is 24.8 Å². The Hall–Kier alpha value is -0.400. The quantitative estimate of drug-likeness (QED) is 0.509. The third kappa shape index (κ3) is 3.19. The van der Waals surface area contributed by atoms with Crippen molar-refractivity contribution in [3.05, 3.63) is 77.4 Å². The zero-order valence-electron chi connectivity index (χ0n) is 14.1. The summed E-state index contributed by atoms with van der Waals surface area (Å²) < 4.78 is 5.86. The third-order valence-corrected chi connectivity index (χ3v) is 12.6. The van der Waals surface area contributed by atoms with Crippen LogP contribution < -0.4 is 0 Å². The Balaban J connectivity index is 0.00000104. The molecule has 0 fully saturated rings. The van der Waals surface area contributed by atoms with Crippen LogP contribution in [0.5, 0.6) is 0 Å². The third-order valence-electron chi connectivity index (χ3n) is 4.86. The summed E-state index contributed by atoms with van der Waals surface area (Å²) in [6.45, 7) is 2.34. The number of hydrogen-bond donors (Lipinski definition) is 0. The van der Waals surface area contributed by atoms with Gasteiger partial charge in [-0.2, -0.15) is 0 Å². The zero-order valence-corrected chi connectivity index (χ0v) is 19.6. The first-order valence-corrected chi connectivity index (χ1v) is 20.3. The van der Waals surface area contributed by atoms with Crippen molar-refractivity contribution in [1.29, 1.82) is 0 Å². The van der Waals surface area contributed by atoms with Gasteiger partial charge in [0.2, 0.25) is 0 Å². The molecule has 24 heavy (non-hydrogen) atoms. The van der Waals surface area contributed by atoms with Gasteiger partial charge in [0.05, 0.1) is 0 Å². The Morgan fingerprint density at radius 1 is 0.917 bits per heavy atom. The molecule has 0 aromatic heterocycles. The Bertz CT molecular complexity index is 877. The van der Waals surface area contributed by atoms with Gasteiger partial charge >= 0.3 is 139 Å². The van der Waals surface area contributed by atoms with Gasteiger partial charge in [-0.3, -0.25) is 0 Å². The second-order valence-electron chi connectivity index (χ2n) is 7.10. The van der Waals surface area contributed by atoms with Gasteiger partial charge in [0.15, 0.2) is 0 Å². The molecule has 2 aliphatic rings. The van der Waals surface area contributed by atoms with Crippen LogP contribution in [-0.2, 0) is 18.9 Å². The summed E-state index contributed by atoms with van der Waals surface area (Å²) in [4.78, 5) is 0. The molecule has 0 bridgehead atoms. The summed E-state index contributed by atoms with van der Waals surface area (Å²) in [6, 6.07) is 16.0. The van der Waals surface area contributed by atoms with Crippen LogP contribution >= 0.6 is 24.8 Å². The SMILES string of the molecule is Cl.Cl.[CH3][Zr]([CH3])(=[SiH2])[CH]1c2ccccc2-c2cccc(C3=CC=CC3)c21. The number of benzene rings is 2. The normalized spacial score (nSPS) is 17.4. The molecule has 0 heterocycles. The van der Waals surface area contributed by atoms with Gasteiger partial charge in [0.25, 0.3) is 0 Å². The van der Waals surface area contributed by atoms with Crippen molar-refractivity contribution in [2.45, 2.75) is 19.3 Å². The second-order valence-corrected chi connectivity index (χ2v) is 29.1. The van der Waals surface area contributed by atoms with Crippen molar-refractivity contribution in [2.24, 2.45) is 0 Å². The predicted octanol–water partition coefficient (Wildman–Crippen LogP) is 5.74. The fraction of sp³-hybridized carbons (Fsp3) is 0.200. The monoisotopic (exact) mass is 451 g/mol. The molecule has 0 N–H and O–H groups in total. The molecule has 1 unspecified atom stereocenters. The fourth-order valence-corrected chi connectivity index (χ4v) is 11.9. The van der Waals surface area contributed by atoms with Crippen LogP contribution in [0.1, 0.15) is 26.7 Å². The Labute approximate surface area is 163 Å². The average Bonchev–Trinajstić information content (AvgIpc) is 3.12. The number of rotatable bonds is 2. The molecule has 0 saturated carbocycles. The molecule has 0 spiro atoms. The molecule has 2 aliphatic carbocycles. The minimum absolute atomic E-state index is 0. The van der Waals surface area contributed by atoms with Gasteiger partial charge in [0, 0.05) is 0 Å². The predicted molar refractivity (Wildman–Crippen MR) is 110 cm³/mol. The van der Waals surface area contributed by atoms with Gasteiger partial charge in [-0.05, 0) is 0 Å². The zero-order chi connectivity index (χ0) is 15.3. The van der Waals surface area contributed by atoms with Gasteiger partial charge in [-0.25, -0.2) is 0 Å². The summed E-state index contributed by atoms with van der Waals surface area (Å²) in [5, 5.41) is 0. The molecule has 0 amide bonds. The van der Waals surface area contributed by atoms with Crippen LogP contribution in [0.25, 0.3) is 16.7 Å². The standard InChI is InChI=1S/C18H13.2CH3.2ClH.H2Si.Zr/c1-2-7-13(6-1)15-10-5-11-17-16-9-4-3-8-14(16)12-18(15)17;;;;;;/h1-6,8-12H,7H2;2*1H3;2*1H;1H2;. The number of halogens is 2. The van der Waals surface area contributed by atoms with E-state index >= 15 is 0 Å². The van der Waals surface area contributed by atoms with Crippen molar-refractivity contribution in [3.8, 4) is 11.1 Å². The van der Waals surface area contributed by atoms with Crippen LogP contribution in [0.4, 0.5) is 0 Å². The molecule has 2 aromatic carbocycles. The van der Waals surface area contributed by atoms with Crippen molar-refractivity contribution in [2.75, 3.05) is 0 Å². The van der Waals surface area contributed by atoms with E-state index in [0.717, 1.165) is 6.42 Å². The molecule has 0 aliphatic heterocycles. The topological polar surface area (TPSA) is 0 Å². The Kier molecular flexibility index (Phi) is 6.19. The van der Waals surface area contributed by atoms with Crippen molar-refractivity contribution in [3.63, 3.8) is 0 Å². The molecular formula is C20H23Cl2SiZr. The van der Waals surface area contributed by atoms with Crippen LogP contribution in [0, 0.1) is 0 Å². The Morgan fingerprint density at radius 2 is 1.58 bits per heavy atom. The Morgan fingerprint density at radius 3 is 2.25 bits per heavy atom. The van der Waals surface area contributed by atoms with Crippen molar-refractivity contribution >= 4 is 37.3 Å². The summed E-state index contributed by atoms with van der Waals surface area (Å²) >= 11 is -2.13. The van der Waals surface area contributed by atoms with Gasteiger partial charge < -0.3 is 0 Å². The maximum atomic E-state index is 2.59. The first-order valence-electron chi connectivity index (χ1n) is 8.01. The minimum atomic E-state index is -2.13. The molecule has 0 saturated heterocycles. The van der Waals surface area contributed by atoms with Crippen LogP contribution in [0.2, 0.25) is 9.26 Å². The molecule has 4 rings (SSSR count). The average molecular weight is 454 g/mol. The van der Waals surface area contributed by atoms with Crippen LogP contribution in [0.15, 0.2) is 60.7 Å². The van der Waals surface area contributed by atoms with E-state index in [4.69, 9.17) is 0 Å². The van der Waals surface area contributed by atoms with E-state index in [1.54, 1.807) is 11.1 Å². The summed E-state index contributed by atoms with van der Waals surface area (Å²) in [5.41, 5.74) is 9.19. The van der Waals surface area contributed by atoms with E-state index in [9.17, 15) is 0 Å². The number of hydrogen-bond acceptors (Lipinski definition) is 0. The molecule has 2 aromatic rings. The molecular weight excluding hydrogens is 430 g/mol.